The summed E-state index contributed by atoms with van der Waals surface area (Å²) in [5, 5.41) is 47.9. The summed E-state index contributed by atoms with van der Waals surface area (Å²) in [5.41, 5.74) is 1.07. The number of hydrogen-bond donors (Lipinski definition) is 5. The number of esters is 1. The lowest BCUT2D eigenvalue weighted by Crippen LogP contribution is -2.53. The topological polar surface area (TPSA) is 127 Å². The predicted molar refractivity (Wildman–Crippen MR) is 154 cm³/mol. The number of ether oxygens (including phenoxy) is 1. The van der Waals surface area contributed by atoms with Gasteiger partial charge in [0.2, 0.25) is 0 Å². The minimum absolute atomic E-state index is 0.113. The molecule has 0 saturated heterocycles. The highest BCUT2D eigenvalue weighted by atomic mass is 16.5. The first-order valence-electron chi connectivity index (χ1n) is 16.4. The van der Waals surface area contributed by atoms with Gasteiger partial charge in [-0.2, -0.15) is 0 Å². The fourth-order valence-electron chi connectivity index (χ4n) is 10.3. The first kappa shape index (κ1) is 32.2. The molecule has 0 aromatic carbocycles. The van der Waals surface area contributed by atoms with Gasteiger partial charge in [-0.3, -0.25) is 0 Å². The van der Waals surface area contributed by atoms with Gasteiger partial charge < -0.3 is 30.3 Å². The van der Waals surface area contributed by atoms with Crippen molar-refractivity contribution in [2.75, 3.05) is 13.2 Å². The highest BCUT2D eigenvalue weighted by molar-refractivity contribution is 5.75. The minimum Gasteiger partial charge on any atom is -0.463 e. The van der Waals surface area contributed by atoms with Crippen molar-refractivity contribution in [2.24, 2.45) is 52.3 Å². The van der Waals surface area contributed by atoms with E-state index in [1.165, 1.54) is 70.6 Å². The van der Waals surface area contributed by atoms with E-state index in [0.717, 1.165) is 42.4 Å². The summed E-state index contributed by atoms with van der Waals surface area (Å²) in [5.74, 6) is 4.31. The Morgan fingerprint density at radius 1 is 0.850 bits per heavy atom. The number of rotatable bonds is 12. The van der Waals surface area contributed by atoms with Crippen LogP contribution in [-0.4, -0.2) is 69.1 Å². The van der Waals surface area contributed by atoms with Gasteiger partial charge in [0, 0.05) is 0 Å². The van der Waals surface area contributed by atoms with Gasteiger partial charge in [-0.25, -0.2) is 4.79 Å². The number of fused-ring (bicyclic) bond motifs is 5. The second kappa shape index (κ2) is 13.3. The van der Waals surface area contributed by atoms with E-state index in [0.29, 0.717) is 16.7 Å². The molecule has 0 radical (unpaired) electrons. The Labute approximate surface area is 242 Å². The van der Waals surface area contributed by atoms with Gasteiger partial charge in [-0.05, 0) is 110 Å². The molecule has 4 saturated carbocycles. The first-order valence-corrected chi connectivity index (χ1v) is 16.4. The van der Waals surface area contributed by atoms with Gasteiger partial charge in [0.25, 0.3) is 0 Å². The molecular weight excluding hydrogens is 508 g/mol. The van der Waals surface area contributed by atoms with E-state index < -0.39 is 37.0 Å². The molecule has 13 atom stereocenters. The molecular formula is C33H58O7. The van der Waals surface area contributed by atoms with Crippen LogP contribution in [0.1, 0.15) is 111 Å². The lowest BCUT2D eigenvalue weighted by atomic mass is 9.44. The molecule has 2 unspecified atom stereocenters. The van der Waals surface area contributed by atoms with Crippen LogP contribution >= 0.6 is 0 Å². The number of aliphatic hydroxyl groups is 5. The SMILES string of the molecule is CC(CCC[C@@H](C)[C@H]1CC[C@H]2[C@@H]3CCC4CCCC[C@]4(C)[C@H]3CC[C@]12C)COC(=O)[C@H](O)[C@@H](O)[C@H](O)[C@H](O)CO. The summed E-state index contributed by atoms with van der Waals surface area (Å²) >= 11 is 0. The zero-order chi connectivity index (χ0) is 29.2. The quantitative estimate of drug-likeness (QED) is 0.221. The molecule has 5 N–H and O–H groups in total. The normalized spacial score (nSPS) is 40.1. The summed E-state index contributed by atoms with van der Waals surface area (Å²) in [6, 6.07) is 0. The third kappa shape index (κ3) is 6.29. The van der Waals surface area contributed by atoms with Gasteiger partial charge in [0.15, 0.2) is 6.10 Å². The summed E-state index contributed by atoms with van der Waals surface area (Å²) in [6.07, 6.45) is 10.1. The van der Waals surface area contributed by atoms with Gasteiger partial charge in [0.1, 0.15) is 18.3 Å². The van der Waals surface area contributed by atoms with E-state index in [9.17, 15) is 25.2 Å². The minimum atomic E-state index is -1.98. The van der Waals surface area contributed by atoms with Crippen molar-refractivity contribution in [1.29, 1.82) is 0 Å². The summed E-state index contributed by atoms with van der Waals surface area (Å²) in [7, 11) is 0. The molecule has 0 spiro atoms. The number of hydrogen-bond acceptors (Lipinski definition) is 7. The summed E-state index contributed by atoms with van der Waals surface area (Å²) in [4.78, 5) is 12.1. The monoisotopic (exact) mass is 566 g/mol. The summed E-state index contributed by atoms with van der Waals surface area (Å²) < 4.78 is 5.19. The van der Waals surface area contributed by atoms with Crippen LogP contribution in [0.2, 0.25) is 0 Å². The third-order valence-corrected chi connectivity index (χ3v) is 12.7. The molecule has 0 amide bonds. The van der Waals surface area contributed by atoms with Crippen molar-refractivity contribution in [2.45, 2.75) is 136 Å². The lowest BCUT2D eigenvalue weighted by molar-refractivity contribution is -0.171. The van der Waals surface area contributed by atoms with E-state index >= 15 is 0 Å². The molecule has 40 heavy (non-hydrogen) atoms. The smallest absolute Gasteiger partial charge is 0.337 e. The van der Waals surface area contributed by atoms with Gasteiger partial charge >= 0.3 is 5.97 Å². The van der Waals surface area contributed by atoms with Crippen LogP contribution in [0.15, 0.2) is 0 Å². The molecule has 4 fully saturated rings. The first-order chi connectivity index (χ1) is 18.9. The average Bonchev–Trinajstić information content (AvgIpc) is 3.31. The van der Waals surface area contributed by atoms with Crippen molar-refractivity contribution in [3.05, 3.63) is 0 Å². The van der Waals surface area contributed by atoms with E-state index in [4.69, 9.17) is 9.84 Å². The summed E-state index contributed by atoms with van der Waals surface area (Å²) in [6.45, 7) is 9.10. The Kier molecular flexibility index (Phi) is 10.7. The maximum atomic E-state index is 12.1. The van der Waals surface area contributed by atoms with Crippen molar-refractivity contribution in [3.8, 4) is 0 Å². The molecule has 0 aromatic rings. The van der Waals surface area contributed by atoms with E-state index in [1.807, 2.05) is 6.92 Å². The van der Waals surface area contributed by atoms with Crippen LogP contribution in [-0.2, 0) is 9.53 Å². The lowest BCUT2D eigenvalue weighted by Gasteiger charge is -2.61. The second-order valence-corrected chi connectivity index (χ2v) is 15.0. The molecule has 4 rings (SSSR count). The molecule has 0 bridgehead atoms. The number of carbonyl (C=O) groups excluding carboxylic acids is 1. The Hall–Kier alpha value is -0.730. The van der Waals surface area contributed by atoms with Crippen LogP contribution in [0.3, 0.4) is 0 Å². The molecule has 0 aliphatic heterocycles. The average molecular weight is 567 g/mol. The molecule has 4 aliphatic carbocycles. The number of aliphatic hydroxyl groups excluding tert-OH is 5. The zero-order valence-corrected chi connectivity index (χ0v) is 25.5. The van der Waals surface area contributed by atoms with Crippen LogP contribution in [0.25, 0.3) is 0 Å². The largest absolute Gasteiger partial charge is 0.463 e. The molecule has 4 aliphatic rings. The highest BCUT2D eigenvalue weighted by Gasteiger charge is 2.60. The fraction of sp³-hybridized carbons (Fsp3) is 0.970. The van der Waals surface area contributed by atoms with Gasteiger partial charge in [0.05, 0.1) is 13.2 Å². The zero-order valence-electron chi connectivity index (χ0n) is 25.5. The highest BCUT2D eigenvalue weighted by Crippen LogP contribution is 2.68. The number of carbonyl (C=O) groups is 1. The second-order valence-electron chi connectivity index (χ2n) is 15.0. The van der Waals surface area contributed by atoms with Crippen LogP contribution in [0.5, 0.6) is 0 Å². The van der Waals surface area contributed by atoms with Gasteiger partial charge in [-0.1, -0.05) is 53.4 Å². The Morgan fingerprint density at radius 3 is 2.30 bits per heavy atom. The Balaban J connectivity index is 1.22. The van der Waals surface area contributed by atoms with Crippen molar-refractivity contribution in [3.63, 3.8) is 0 Å². The van der Waals surface area contributed by atoms with Crippen LogP contribution in [0, 0.1) is 52.3 Å². The Morgan fingerprint density at radius 2 is 1.57 bits per heavy atom. The predicted octanol–water partition coefficient (Wildman–Crippen LogP) is 4.46. The third-order valence-electron chi connectivity index (χ3n) is 12.7. The fourth-order valence-corrected chi connectivity index (χ4v) is 10.3. The molecule has 7 nitrogen and oxygen atoms in total. The van der Waals surface area contributed by atoms with E-state index in [2.05, 4.69) is 20.8 Å². The molecule has 232 valence electrons. The molecule has 7 heteroatoms. The van der Waals surface area contributed by atoms with Gasteiger partial charge in [-0.15, -0.1) is 0 Å². The van der Waals surface area contributed by atoms with Crippen molar-refractivity contribution in [1.82, 2.24) is 0 Å². The van der Waals surface area contributed by atoms with Crippen molar-refractivity contribution < 1.29 is 35.1 Å². The van der Waals surface area contributed by atoms with Crippen molar-refractivity contribution >= 4 is 5.97 Å². The standard InChI is InChI=1S/C33H58O7/c1-20(19-40-31(39)30(38)29(37)28(36)27(35)18-34)8-7-9-21(2)24-13-14-25-23-12-11-22-10-5-6-16-32(22,3)26(23)15-17-33(24,25)4/h20-30,34-38H,5-19H2,1-4H3/t20?,21-,22?,23+,24-,25+,26+,27-,28-,29+,30-,32+,33-/m1/s1. The maximum Gasteiger partial charge on any atom is 0.337 e. The maximum absolute atomic E-state index is 12.1. The molecule has 0 heterocycles. The van der Waals surface area contributed by atoms with Crippen LogP contribution in [0.4, 0.5) is 0 Å². The van der Waals surface area contributed by atoms with E-state index in [-0.39, 0.29) is 12.5 Å². The van der Waals surface area contributed by atoms with Crippen LogP contribution < -0.4 is 0 Å². The van der Waals surface area contributed by atoms with E-state index in [1.54, 1.807) is 0 Å². The Bertz CT molecular complexity index is 836. The molecule has 0 aromatic heterocycles.